The fourth-order valence-corrected chi connectivity index (χ4v) is 5.50. The van der Waals surface area contributed by atoms with Crippen LogP contribution in [-0.4, -0.2) is 65.5 Å². The highest BCUT2D eigenvalue weighted by atomic mass is 32.2. The lowest BCUT2D eigenvalue weighted by atomic mass is 10.0. The van der Waals surface area contributed by atoms with Gasteiger partial charge in [0.05, 0.1) is 17.8 Å². The third kappa shape index (κ3) is 3.78. The first-order valence-corrected chi connectivity index (χ1v) is 11.5. The second kappa shape index (κ2) is 8.16. The first kappa shape index (κ1) is 20.3. The van der Waals surface area contributed by atoms with Crippen LogP contribution in [0.25, 0.3) is 0 Å². The molecule has 0 aromatic heterocycles. The number of rotatable bonds is 4. The van der Waals surface area contributed by atoms with Gasteiger partial charge in [-0.1, -0.05) is 11.8 Å². The number of benzene rings is 1. The summed E-state index contributed by atoms with van der Waals surface area (Å²) >= 11 is 1.05. The lowest BCUT2D eigenvalue weighted by Gasteiger charge is -2.38. The number of amides is 2. The summed E-state index contributed by atoms with van der Waals surface area (Å²) in [5.74, 6) is 0.474. The van der Waals surface area contributed by atoms with Gasteiger partial charge in [0.1, 0.15) is 6.04 Å². The number of ketones is 1. The molecule has 31 heavy (non-hydrogen) atoms. The van der Waals surface area contributed by atoms with E-state index in [0.29, 0.717) is 30.2 Å². The van der Waals surface area contributed by atoms with Crippen LogP contribution in [0.15, 0.2) is 18.2 Å². The molecule has 164 valence electrons. The molecule has 5 rings (SSSR count). The standard InChI is InChI=1S/C21H23N3O6S/c25-14-10-31-21(28)19(14)23-6-2-1-3-17(23)22-20(27)12-7-18(26)24(9-12)13-4-5-15-16(8-13)30-11-29-15/h4-5,8,12,17,19H,1-3,6-7,9-11H2,(H,22,27). The van der Waals surface area contributed by atoms with Crippen molar-refractivity contribution in [2.75, 3.05) is 30.5 Å². The van der Waals surface area contributed by atoms with E-state index in [1.807, 2.05) is 4.90 Å². The molecule has 3 fully saturated rings. The highest BCUT2D eigenvalue weighted by Crippen LogP contribution is 2.37. The largest absolute Gasteiger partial charge is 0.454 e. The molecule has 0 spiro atoms. The van der Waals surface area contributed by atoms with Crippen LogP contribution in [0, 0.1) is 5.92 Å². The molecule has 2 amide bonds. The van der Waals surface area contributed by atoms with Crippen molar-refractivity contribution in [2.24, 2.45) is 5.92 Å². The van der Waals surface area contributed by atoms with E-state index in [9.17, 15) is 19.2 Å². The van der Waals surface area contributed by atoms with Crippen LogP contribution < -0.4 is 19.7 Å². The van der Waals surface area contributed by atoms with E-state index in [-0.39, 0.29) is 54.4 Å². The molecule has 4 aliphatic rings. The number of Topliss-reactive ketones (excluding diaryl/α,β-unsaturated/α-hetero) is 1. The Labute approximate surface area is 183 Å². The van der Waals surface area contributed by atoms with Crippen LogP contribution >= 0.6 is 11.8 Å². The molecule has 0 radical (unpaired) electrons. The lowest BCUT2D eigenvalue weighted by molar-refractivity contribution is -0.134. The van der Waals surface area contributed by atoms with Gasteiger partial charge in [0.15, 0.2) is 17.3 Å². The van der Waals surface area contributed by atoms with Crippen molar-refractivity contribution in [3.05, 3.63) is 18.2 Å². The molecule has 4 heterocycles. The average molecular weight is 445 g/mol. The van der Waals surface area contributed by atoms with Crippen molar-refractivity contribution < 1.29 is 28.7 Å². The smallest absolute Gasteiger partial charge is 0.231 e. The van der Waals surface area contributed by atoms with Crippen molar-refractivity contribution >= 4 is 40.2 Å². The van der Waals surface area contributed by atoms with Crippen molar-refractivity contribution in [3.63, 3.8) is 0 Å². The number of piperidine rings is 1. The highest BCUT2D eigenvalue weighted by Gasteiger charge is 2.44. The zero-order chi connectivity index (χ0) is 21.5. The summed E-state index contributed by atoms with van der Waals surface area (Å²) in [4.78, 5) is 53.5. The number of fused-ring (bicyclic) bond motifs is 1. The topological polar surface area (TPSA) is 105 Å². The van der Waals surface area contributed by atoms with E-state index < -0.39 is 12.0 Å². The quantitative estimate of drug-likeness (QED) is 0.682. The van der Waals surface area contributed by atoms with Gasteiger partial charge in [-0.2, -0.15) is 0 Å². The summed E-state index contributed by atoms with van der Waals surface area (Å²) in [6.07, 6.45) is 2.22. The van der Waals surface area contributed by atoms with Gasteiger partial charge in [-0.25, -0.2) is 0 Å². The van der Waals surface area contributed by atoms with Crippen molar-refractivity contribution in [3.8, 4) is 11.5 Å². The molecule has 3 atom stereocenters. The van der Waals surface area contributed by atoms with E-state index in [2.05, 4.69) is 5.32 Å². The molecular weight excluding hydrogens is 422 g/mol. The van der Waals surface area contributed by atoms with E-state index in [0.717, 1.165) is 24.6 Å². The normalized spacial score (nSPS) is 28.5. The third-order valence-electron chi connectivity index (χ3n) is 6.23. The summed E-state index contributed by atoms with van der Waals surface area (Å²) in [7, 11) is 0. The number of hydrogen-bond donors (Lipinski definition) is 1. The summed E-state index contributed by atoms with van der Waals surface area (Å²) in [6, 6.07) is 4.51. The SMILES string of the molecule is O=C(NC1CCCCN1C1C(=O)CSC1=O)C1CC(=O)N(c2ccc3c(c2)OCO3)C1. The minimum absolute atomic E-state index is 0.0961. The van der Waals surface area contributed by atoms with Gasteiger partial charge in [-0.3, -0.25) is 24.1 Å². The highest BCUT2D eigenvalue weighted by molar-refractivity contribution is 8.15. The summed E-state index contributed by atoms with van der Waals surface area (Å²) in [5, 5.41) is 2.87. The summed E-state index contributed by atoms with van der Waals surface area (Å²) in [5.41, 5.74) is 0.669. The molecule has 1 N–H and O–H groups in total. The number of carbonyl (C=O) groups excluding carboxylic acids is 4. The third-order valence-corrected chi connectivity index (χ3v) is 7.17. The molecule has 3 unspecified atom stereocenters. The van der Waals surface area contributed by atoms with Crippen LogP contribution in [0.2, 0.25) is 0 Å². The number of nitrogens with one attached hydrogen (secondary N) is 1. The predicted octanol–water partition coefficient (Wildman–Crippen LogP) is 0.907. The van der Waals surface area contributed by atoms with E-state index in [1.165, 1.54) is 0 Å². The van der Waals surface area contributed by atoms with Gasteiger partial charge in [-0.15, -0.1) is 0 Å². The Balaban J connectivity index is 1.26. The molecule has 0 bridgehead atoms. The van der Waals surface area contributed by atoms with Gasteiger partial charge in [0.2, 0.25) is 23.7 Å². The first-order valence-electron chi connectivity index (χ1n) is 10.5. The van der Waals surface area contributed by atoms with Crippen molar-refractivity contribution in [1.29, 1.82) is 0 Å². The van der Waals surface area contributed by atoms with Gasteiger partial charge in [0, 0.05) is 31.3 Å². The Hall–Kier alpha value is -2.59. The van der Waals surface area contributed by atoms with Crippen LogP contribution in [0.4, 0.5) is 5.69 Å². The van der Waals surface area contributed by atoms with Crippen LogP contribution in [-0.2, 0) is 19.2 Å². The van der Waals surface area contributed by atoms with Crippen LogP contribution in [0.1, 0.15) is 25.7 Å². The Kier molecular flexibility index (Phi) is 5.35. The molecule has 0 aliphatic carbocycles. The van der Waals surface area contributed by atoms with Crippen molar-refractivity contribution in [2.45, 2.75) is 37.9 Å². The predicted molar refractivity (Wildman–Crippen MR) is 112 cm³/mol. The maximum atomic E-state index is 13.0. The summed E-state index contributed by atoms with van der Waals surface area (Å²) < 4.78 is 10.7. The maximum Gasteiger partial charge on any atom is 0.231 e. The molecule has 0 saturated carbocycles. The number of likely N-dealkylation sites (tertiary alicyclic amines) is 1. The molecule has 1 aromatic rings. The molecule has 10 heteroatoms. The Bertz CT molecular complexity index is 937. The van der Waals surface area contributed by atoms with Gasteiger partial charge >= 0.3 is 0 Å². The van der Waals surface area contributed by atoms with Gasteiger partial charge in [-0.05, 0) is 31.4 Å². The number of ether oxygens (including phenoxy) is 2. The molecule has 4 aliphatic heterocycles. The second-order valence-electron chi connectivity index (χ2n) is 8.18. The van der Waals surface area contributed by atoms with Crippen LogP contribution in [0.5, 0.6) is 11.5 Å². The monoisotopic (exact) mass is 445 g/mol. The van der Waals surface area contributed by atoms with E-state index in [4.69, 9.17) is 9.47 Å². The Morgan fingerprint density at radius 1 is 1.13 bits per heavy atom. The van der Waals surface area contributed by atoms with E-state index in [1.54, 1.807) is 23.1 Å². The maximum absolute atomic E-state index is 13.0. The Morgan fingerprint density at radius 2 is 1.97 bits per heavy atom. The van der Waals surface area contributed by atoms with Gasteiger partial charge in [0.25, 0.3) is 0 Å². The zero-order valence-corrected chi connectivity index (χ0v) is 17.7. The average Bonchev–Trinajstić information content (AvgIpc) is 3.47. The molecule has 3 saturated heterocycles. The minimum atomic E-state index is -0.772. The van der Waals surface area contributed by atoms with Crippen molar-refractivity contribution in [1.82, 2.24) is 10.2 Å². The number of carbonyl (C=O) groups is 4. The number of thioether (sulfide) groups is 1. The van der Waals surface area contributed by atoms with Gasteiger partial charge < -0.3 is 19.7 Å². The molecular formula is C21H23N3O6S. The molecule has 9 nitrogen and oxygen atoms in total. The lowest BCUT2D eigenvalue weighted by Crippen LogP contribution is -2.58. The summed E-state index contributed by atoms with van der Waals surface area (Å²) in [6.45, 7) is 1.02. The fourth-order valence-electron chi connectivity index (χ4n) is 4.64. The zero-order valence-electron chi connectivity index (χ0n) is 16.9. The van der Waals surface area contributed by atoms with Crippen LogP contribution in [0.3, 0.4) is 0 Å². The number of hydrogen-bond acceptors (Lipinski definition) is 8. The number of nitrogens with zero attached hydrogens (tertiary/aromatic N) is 2. The fraction of sp³-hybridized carbons (Fsp3) is 0.524. The second-order valence-corrected chi connectivity index (χ2v) is 9.16. The molecule has 1 aromatic carbocycles. The van der Waals surface area contributed by atoms with E-state index >= 15 is 0 Å². The minimum Gasteiger partial charge on any atom is -0.454 e. The number of anilines is 1. The Morgan fingerprint density at radius 3 is 2.77 bits per heavy atom. The first-order chi connectivity index (χ1) is 15.0.